The molecule has 0 radical (unpaired) electrons. The molecule has 0 saturated heterocycles. The average molecular weight is 329 g/mol. The van der Waals surface area contributed by atoms with Crippen molar-refractivity contribution in [2.75, 3.05) is 6.54 Å². The van der Waals surface area contributed by atoms with Crippen LogP contribution in [0.25, 0.3) is 0 Å². The van der Waals surface area contributed by atoms with Gasteiger partial charge in [-0.05, 0) is 53.5 Å². The monoisotopic (exact) mass is 329 g/mol. The van der Waals surface area contributed by atoms with E-state index in [-0.39, 0.29) is 12.5 Å². The molecule has 1 amide bonds. The number of ether oxygens (including phenoxy) is 1. The second-order valence-electron chi connectivity index (χ2n) is 5.68. The minimum Gasteiger partial charge on any atom is -0.489 e. The topological polar surface area (TPSA) is 29.5 Å². The van der Waals surface area contributed by atoms with Crippen LogP contribution in [0.4, 0.5) is 8.78 Å². The summed E-state index contributed by atoms with van der Waals surface area (Å²) in [6.45, 7) is 4.85. The van der Waals surface area contributed by atoms with Gasteiger partial charge in [0.05, 0.1) is 0 Å². The number of hydrogen-bond acceptors (Lipinski definition) is 2. The molecule has 0 unspecified atom stereocenters. The summed E-state index contributed by atoms with van der Waals surface area (Å²) < 4.78 is 31.8. The first-order valence-electron chi connectivity index (χ1n) is 7.66. The Kier molecular flexibility index (Phi) is 4.60. The number of fused-ring (bicyclic) bond motifs is 1. The van der Waals surface area contributed by atoms with Gasteiger partial charge in [0.2, 0.25) is 5.91 Å². The van der Waals surface area contributed by atoms with Gasteiger partial charge >= 0.3 is 0 Å². The zero-order chi connectivity index (χ0) is 17.1. The molecule has 0 aliphatic carbocycles. The third-order valence-corrected chi connectivity index (χ3v) is 4.07. The first-order valence-corrected chi connectivity index (χ1v) is 7.66. The van der Waals surface area contributed by atoms with Crippen molar-refractivity contribution in [2.45, 2.75) is 19.6 Å². The number of nitrogens with zero attached hydrogens (tertiary/aromatic N) is 1. The number of hydrogen-bond donors (Lipinski definition) is 0. The predicted molar refractivity (Wildman–Crippen MR) is 86.5 cm³/mol. The van der Waals surface area contributed by atoms with E-state index in [0.29, 0.717) is 24.4 Å². The van der Waals surface area contributed by atoms with Gasteiger partial charge in [0.1, 0.15) is 12.4 Å². The van der Waals surface area contributed by atoms with Crippen LogP contribution in [0.15, 0.2) is 49.1 Å². The lowest BCUT2D eigenvalue weighted by molar-refractivity contribution is -0.126. The standard InChI is InChI=1S/C19H17F2NO2/c1-2-19(23)22-8-7-14-4-5-16(10-15(14)11-22)24-12-13-3-6-17(20)18(21)9-13/h2-6,9-10H,1,7-8,11-12H2. The molecule has 3 rings (SSSR count). The fourth-order valence-corrected chi connectivity index (χ4v) is 2.74. The Morgan fingerprint density at radius 3 is 2.75 bits per heavy atom. The molecule has 24 heavy (non-hydrogen) atoms. The molecular weight excluding hydrogens is 312 g/mol. The van der Waals surface area contributed by atoms with E-state index in [2.05, 4.69) is 6.58 Å². The van der Waals surface area contributed by atoms with Crippen LogP contribution in [0, 0.1) is 11.6 Å². The summed E-state index contributed by atoms with van der Waals surface area (Å²) in [5.74, 6) is -1.22. The number of carbonyl (C=O) groups is 1. The SMILES string of the molecule is C=CC(=O)N1CCc2ccc(OCc3ccc(F)c(F)c3)cc2C1. The fourth-order valence-electron chi connectivity index (χ4n) is 2.74. The Labute approximate surface area is 139 Å². The van der Waals surface area contributed by atoms with Gasteiger partial charge in [0, 0.05) is 13.1 Å². The first-order chi connectivity index (χ1) is 11.6. The lowest BCUT2D eigenvalue weighted by Crippen LogP contribution is -2.34. The van der Waals surface area contributed by atoms with E-state index in [4.69, 9.17) is 4.74 Å². The molecular formula is C19H17F2NO2. The molecule has 0 spiro atoms. The summed E-state index contributed by atoms with van der Waals surface area (Å²) in [6, 6.07) is 9.41. The van der Waals surface area contributed by atoms with E-state index < -0.39 is 11.6 Å². The van der Waals surface area contributed by atoms with Crippen LogP contribution in [-0.2, 0) is 24.4 Å². The zero-order valence-corrected chi connectivity index (χ0v) is 13.1. The van der Waals surface area contributed by atoms with E-state index in [1.807, 2.05) is 18.2 Å². The maximum absolute atomic E-state index is 13.2. The van der Waals surface area contributed by atoms with Crippen LogP contribution in [0.3, 0.4) is 0 Å². The van der Waals surface area contributed by atoms with Crippen molar-refractivity contribution in [3.05, 3.63) is 77.4 Å². The Hall–Kier alpha value is -2.69. The van der Waals surface area contributed by atoms with Gasteiger partial charge in [0.15, 0.2) is 11.6 Å². The molecule has 2 aromatic rings. The van der Waals surface area contributed by atoms with Crippen LogP contribution < -0.4 is 4.74 Å². The van der Waals surface area contributed by atoms with E-state index >= 15 is 0 Å². The first kappa shape index (κ1) is 16.2. The molecule has 0 atom stereocenters. The molecule has 0 aromatic heterocycles. The van der Waals surface area contributed by atoms with Crippen molar-refractivity contribution in [1.82, 2.24) is 4.90 Å². The number of rotatable bonds is 4. The fraction of sp³-hybridized carbons (Fsp3) is 0.211. The molecule has 124 valence electrons. The van der Waals surface area contributed by atoms with Crippen molar-refractivity contribution < 1.29 is 18.3 Å². The highest BCUT2D eigenvalue weighted by Crippen LogP contribution is 2.25. The molecule has 0 N–H and O–H groups in total. The van der Waals surface area contributed by atoms with Crippen molar-refractivity contribution in [2.24, 2.45) is 0 Å². The minimum absolute atomic E-state index is 0.0891. The molecule has 1 aliphatic rings. The van der Waals surface area contributed by atoms with Gasteiger partial charge in [-0.25, -0.2) is 8.78 Å². The predicted octanol–water partition coefficient (Wildman–Crippen LogP) is 3.61. The number of amides is 1. The molecule has 2 aromatic carbocycles. The summed E-state index contributed by atoms with van der Waals surface area (Å²) in [7, 11) is 0. The second kappa shape index (κ2) is 6.83. The number of benzene rings is 2. The van der Waals surface area contributed by atoms with Gasteiger partial charge in [-0.3, -0.25) is 4.79 Å². The molecule has 3 nitrogen and oxygen atoms in total. The third-order valence-electron chi connectivity index (χ3n) is 4.07. The smallest absolute Gasteiger partial charge is 0.246 e. The largest absolute Gasteiger partial charge is 0.489 e. The van der Waals surface area contributed by atoms with Crippen molar-refractivity contribution in [3.8, 4) is 5.75 Å². The van der Waals surface area contributed by atoms with Crippen LogP contribution >= 0.6 is 0 Å². The molecule has 0 saturated carbocycles. The highest BCUT2D eigenvalue weighted by molar-refractivity contribution is 5.87. The summed E-state index contributed by atoms with van der Waals surface area (Å²) >= 11 is 0. The lowest BCUT2D eigenvalue weighted by atomic mass is 9.99. The number of carbonyl (C=O) groups excluding carboxylic acids is 1. The van der Waals surface area contributed by atoms with Crippen LogP contribution in [0.2, 0.25) is 0 Å². The Balaban J connectivity index is 1.70. The van der Waals surface area contributed by atoms with E-state index in [1.165, 1.54) is 17.7 Å². The summed E-state index contributed by atoms with van der Waals surface area (Å²) in [6.07, 6.45) is 2.10. The molecule has 1 heterocycles. The van der Waals surface area contributed by atoms with Gasteiger partial charge in [-0.1, -0.05) is 18.7 Å². The van der Waals surface area contributed by atoms with Gasteiger partial charge in [-0.15, -0.1) is 0 Å². The highest BCUT2D eigenvalue weighted by atomic mass is 19.2. The molecule has 0 fully saturated rings. The van der Waals surface area contributed by atoms with Crippen molar-refractivity contribution in [1.29, 1.82) is 0 Å². The number of halogens is 2. The van der Waals surface area contributed by atoms with Gasteiger partial charge in [0.25, 0.3) is 0 Å². The van der Waals surface area contributed by atoms with Crippen LogP contribution in [0.1, 0.15) is 16.7 Å². The van der Waals surface area contributed by atoms with Crippen molar-refractivity contribution in [3.63, 3.8) is 0 Å². The van der Waals surface area contributed by atoms with Crippen molar-refractivity contribution >= 4 is 5.91 Å². The van der Waals surface area contributed by atoms with Crippen LogP contribution in [-0.4, -0.2) is 17.4 Å². The average Bonchev–Trinajstić information content (AvgIpc) is 2.61. The van der Waals surface area contributed by atoms with E-state index in [1.54, 1.807) is 4.90 Å². The Bertz CT molecular complexity index is 789. The van der Waals surface area contributed by atoms with Crippen LogP contribution in [0.5, 0.6) is 5.75 Å². The molecule has 1 aliphatic heterocycles. The Morgan fingerprint density at radius 1 is 1.17 bits per heavy atom. The lowest BCUT2D eigenvalue weighted by Gasteiger charge is -2.28. The Morgan fingerprint density at radius 2 is 2.00 bits per heavy atom. The quantitative estimate of drug-likeness (QED) is 0.802. The normalized spacial score (nSPS) is 13.3. The summed E-state index contributed by atoms with van der Waals surface area (Å²) in [5, 5.41) is 0. The summed E-state index contributed by atoms with van der Waals surface area (Å²) in [4.78, 5) is 13.5. The van der Waals surface area contributed by atoms with Gasteiger partial charge < -0.3 is 9.64 Å². The maximum Gasteiger partial charge on any atom is 0.246 e. The molecule has 5 heteroatoms. The van der Waals surface area contributed by atoms with E-state index in [0.717, 1.165) is 24.1 Å². The van der Waals surface area contributed by atoms with E-state index in [9.17, 15) is 13.6 Å². The third kappa shape index (κ3) is 3.45. The molecule has 0 bridgehead atoms. The maximum atomic E-state index is 13.2. The zero-order valence-electron chi connectivity index (χ0n) is 13.1. The highest BCUT2D eigenvalue weighted by Gasteiger charge is 2.19. The second-order valence-corrected chi connectivity index (χ2v) is 5.68. The summed E-state index contributed by atoms with van der Waals surface area (Å²) in [5.41, 5.74) is 2.76. The minimum atomic E-state index is -0.889. The van der Waals surface area contributed by atoms with Gasteiger partial charge in [-0.2, -0.15) is 0 Å².